The highest BCUT2D eigenvalue weighted by Gasteiger charge is 2.16. The van der Waals surface area contributed by atoms with Crippen LogP contribution in [0.15, 0.2) is 24.3 Å². The summed E-state index contributed by atoms with van der Waals surface area (Å²) in [6, 6.07) is 8.87. The molecule has 1 aromatic rings. The van der Waals surface area contributed by atoms with Crippen molar-refractivity contribution in [2.24, 2.45) is 5.92 Å². The number of rotatable bonds is 5. The van der Waals surface area contributed by atoms with Crippen LogP contribution in [0.2, 0.25) is 0 Å². The number of anilines is 1. The summed E-state index contributed by atoms with van der Waals surface area (Å²) in [7, 11) is 0. The first-order valence-electron chi connectivity index (χ1n) is 6.75. The molecule has 0 spiro atoms. The van der Waals surface area contributed by atoms with E-state index in [1.807, 2.05) is 0 Å². The van der Waals surface area contributed by atoms with Crippen LogP contribution in [-0.4, -0.2) is 18.8 Å². The summed E-state index contributed by atoms with van der Waals surface area (Å²) in [6.45, 7) is 4.77. The monoisotopic (exact) mass is 249 g/mol. The van der Waals surface area contributed by atoms with E-state index in [0.29, 0.717) is 0 Å². The van der Waals surface area contributed by atoms with Gasteiger partial charge >= 0.3 is 0 Å². The average molecular weight is 249 g/mol. The minimum Gasteiger partial charge on any atom is -0.371 e. The normalized spacial score (nSPS) is 16.7. The van der Waals surface area contributed by atoms with Gasteiger partial charge in [0.25, 0.3) is 0 Å². The zero-order valence-electron chi connectivity index (χ0n) is 10.7. The zero-order valence-corrected chi connectivity index (χ0v) is 11.6. The molecule has 1 aromatic carbocycles. The fourth-order valence-corrected chi connectivity index (χ4v) is 3.03. The summed E-state index contributed by atoms with van der Waals surface area (Å²) < 4.78 is 0. The van der Waals surface area contributed by atoms with Gasteiger partial charge in [-0.05, 0) is 49.0 Å². The van der Waals surface area contributed by atoms with Crippen LogP contribution in [0.3, 0.4) is 0 Å². The van der Waals surface area contributed by atoms with Crippen LogP contribution >= 0.6 is 12.6 Å². The molecule has 1 nitrogen and oxygen atoms in total. The lowest BCUT2D eigenvalue weighted by Crippen LogP contribution is -2.31. The van der Waals surface area contributed by atoms with Gasteiger partial charge in [-0.15, -0.1) is 0 Å². The molecule has 0 radical (unpaired) electrons. The van der Waals surface area contributed by atoms with Gasteiger partial charge in [-0.3, -0.25) is 0 Å². The molecule has 0 aliphatic carbocycles. The lowest BCUT2D eigenvalue weighted by atomic mass is 10.00. The fraction of sp³-hybridized carbons (Fsp3) is 0.600. The fourth-order valence-electron chi connectivity index (χ4n) is 2.58. The van der Waals surface area contributed by atoms with E-state index >= 15 is 0 Å². The minimum atomic E-state index is 0.793. The van der Waals surface area contributed by atoms with Crippen LogP contribution in [0.4, 0.5) is 5.69 Å². The molecule has 0 saturated heterocycles. The number of hydrogen-bond donors (Lipinski definition) is 1. The SMILES string of the molecule is CC(CCS)CCN1CCCc2ccccc21. The standard InChI is InChI=1S/C15H23NS/c1-13(9-12-17)8-11-16-10-4-6-14-5-2-3-7-15(14)16/h2-3,5,7,13,17H,4,6,8-12H2,1H3. The maximum Gasteiger partial charge on any atom is 0.0398 e. The molecule has 1 aliphatic rings. The predicted octanol–water partition coefficient (Wildman–Crippen LogP) is 3.79. The Labute approximate surface area is 111 Å². The van der Waals surface area contributed by atoms with E-state index in [1.165, 1.54) is 50.0 Å². The molecule has 0 fully saturated rings. The molecule has 1 aliphatic heterocycles. The first-order valence-corrected chi connectivity index (χ1v) is 7.38. The molecule has 1 heterocycles. The Balaban J connectivity index is 1.94. The smallest absolute Gasteiger partial charge is 0.0398 e. The third-order valence-electron chi connectivity index (χ3n) is 3.72. The number of thiol groups is 1. The van der Waals surface area contributed by atoms with Crippen LogP contribution in [0.1, 0.15) is 31.7 Å². The molecule has 0 N–H and O–H groups in total. The van der Waals surface area contributed by atoms with Crippen molar-refractivity contribution in [2.45, 2.75) is 32.6 Å². The molecular weight excluding hydrogens is 226 g/mol. The van der Waals surface area contributed by atoms with E-state index in [9.17, 15) is 0 Å². The second-order valence-corrected chi connectivity index (χ2v) is 5.57. The van der Waals surface area contributed by atoms with Gasteiger partial charge in [0.1, 0.15) is 0 Å². The zero-order chi connectivity index (χ0) is 12.1. The van der Waals surface area contributed by atoms with Crippen molar-refractivity contribution in [3.63, 3.8) is 0 Å². The molecule has 2 heteroatoms. The van der Waals surface area contributed by atoms with Crippen LogP contribution < -0.4 is 4.90 Å². The molecule has 1 unspecified atom stereocenters. The summed E-state index contributed by atoms with van der Waals surface area (Å²) in [5, 5.41) is 0. The first-order chi connectivity index (χ1) is 8.31. The molecule has 94 valence electrons. The number of fused-ring (bicyclic) bond motifs is 1. The van der Waals surface area contributed by atoms with Gasteiger partial charge < -0.3 is 4.90 Å². The molecule has 0 aromatic heterocycles. The van der Waals surface area contributed by atoms with Gasteiger partial charge in [-0.2, -0.15) is 12.6 Å². The van der Waals surface area contributed by atoms with Crippen LogP contribution in [0, 0.1) is 5.92 Å². The number of nitrogens with zero attached hydrogens (tertiary/aromatic N) is 1. The summed E-state index contributed by atoms with van der Waals surface area (Å²) in [4.78, 5) is 2.56. The van der Waals surface area contributed by atoms with Gasteiger partial charge in [-0.1, -0.05) is 25.1 Å². The van der Waals surface area contributed by atoms with Crippen molar-refractivity contribution in [3.8, 4) is 0 Å². The Bertz CT molecular complexity index is 351. The topological polar surface area (TPSA) is 3.24 Å². The van der Waals surface area contributed by atoms with Gasteiger partial charge in [0.15, 0.2) is 0 Å². The number of benzene rings is 1. The van der Waals surface area contributed by atoms with E-state index in [2.05, 4.69) is 48.7 Å². The summed E-state index contributed by atoms with van der Waals surface area (Å²) in [6.07, 6.45) is 5.07. The maximum absolute atomic E-state index is 4.31. The van der Waals surface area contributed by atoms with Crippen LogP contribution in [0.25, 0.3) is 0 Å². The van der Waals surface area contributed by atoms with Gasteiger partial charge in [0, 0.05) is 18.8 Å². The Kier molecular flexibility index (Phi) is 4.78. The summed E-state index contributed by atoms with van der Waals surface area (Å²) in [5.74, 6) is 1.80. The van der Waals surface area contributed by atoms with Crippen LogP contribution in [-0.2, 0) is 6.42 Å². The molecule has 0 amide bonds. The lowest BCUT2D eigenvalue weighted by Gasteiger charge is -2.32. The number of para-hydroxylation sites is 1. The Morgan fingerprint density at radius 3 is 2.94 bits per heavy atom. The molecule has 17 heavy (non-hydrogen) atoms. The second-order valence-electron chi connectivity index (χ2n) is 5.13. The van der Waals surface area contributed by atoms with Crippen molar-refractivity contribution >= 4 is 18.3 Å². The molecule has 2 rings (SSSR count). The average Bonchev–Trinajstić information content (AvgIpc) is 2.36. The number of aryl methyl sites for hydroxylation is 1. The Hall–Kier alpha value is -0.630. The van der Waals surface area contributed by atoms with Gasteiger partial charge in [-0.25, -0.2) is 0 Å². The van der Waals surface area contributed by atoms with Crippen molar-refractivity contribution in [2.75, 3.05) is 23.7 Å². The third-order valence-corrected chi connectivity index (χ3v) is 3.98. The maximum atomic E-state index is 4.31. The van der Waals surface area contributed by atoms with Crippen molar-refractivity contribution in [1.29, 1.82) is 0 Å². The molecular formula is C15H23NS. The second kappa shape index (κ2) is 6.34. The summed E-state index contributed by atoms with van der Waals surface area (Å²) in [5.41, 5.74) is 3.00. The van der Waals surface area contributed by atoms with Crippen molar-refractivity contribution < 1.29 is 0 Å². The predicted molar refractivity (Wildman–Crippen MR) is 79.2 cm³/mol. The van der Waals surface area contributed by atoms with Gasteiger partial charge in [0.2, 0.25) is 0 Å². The van der Waals surface area contributed by atoms with Crippen molar-refractivity contribution in [1.82, 2.24) is 0 Å². The van der Waals surface area contributed by atoms with E-state index in [4.69, 9.17) is 0 Å². The largest absolute Gasteiger partial charge is 0.371 e. The van der Waals surface area contributed by atoms with E-state index in [-0.39, 0.29) is 0 Å². The lowest BCUT2D eigenvalue weighted by molar-refractivity contribution is 0.509. The minimum absolute atomic E-state index is 0.793. The Morgan fingerprint density at radius 2 is 2.12 bits per heavy atom. The number of hydrogen-bond acceptors (Lipinski definition) is 2. The highest BCUT2D eigenvalue weighted by Crippen LogP contribution is 2.27. The first kappa shape index (κ1) is 12.8. The quantitative estimate of drug-likeness (QED) is 0.777. The highest BCUT2D eigenvalue weighted by atomic mass is 32.1. The van der Waals surface area contributed by atoms with E-state index in [1.54, 1.807) is 0 Å². The third kappa shape index (κ3) is 3.41. The highest BCUT2D eigenvalue weighted by molar-refractivity contribution is 7.80. The van der Waals surface area contributed by atoms with E-state index in [0.717, 1.165) is 11.7 Å². The van der Waals surface area contributed by atoms with Crippen molar-refractivity contribution in [3.05, 3.63) is 29.8 Å². The van der Waals surface area contributed by atoms with E-state index < -0.39 is 0 Å². The van der Waals surface area contributed by atoms with Crippen LogP contribution in [0.5, 0.6) is 0 Å². The molecule has 0 saturated carbocycles. The molecule has 1 atom stereocenters. The van der Waals surface area contributed by atoms with Gasteiger partial charge in [0.05, 0.1) is 0 Å². The summed E-state index contributed by atoms with van der Waals surface area (Å²) >= 11 is 4.31. The molecule has 0 bridgehead atoms. The Morgan fingerprint density at radius 1 is 1.29 bits per heavy atom.